The number of aliphatic imine (C=N–C) groups is 1. The van der Waals surface area contributed by atoms with Crippen molar-refractivity contribution in [2.75, 3.05) is 20.7 Å². The number of carbonyl (C=O) groups excluding carboxylic acids is 1. The van der Waals surface area contributed by atoms with Crippen molar-refractivity contribution in [2.24, 2.45) is 4.99 Å². The van der Waals surface area contributed by atoms with Crippen LogP contribution < -0.4 is 10.6 Å². The Kier molecular flexibility index (Phi) is 8.62. The third kappa shape index (κ3) is 7.10. The van der Waals surface area contributed by atoms with Crippen LogP contribution in [0.25, 0.3) is 5.70 Å². The van der Waals surface area contributed by atoms with Gasteiger partial charge in [0.2, 0.25) is 5.90 Å². The van der Waals surface area contributed by atoms with Crippen LogP contribution in [0.1, 0.15) is 25.0 Å². The zero-order valence-electron chi connectivity index (χ0n) is 17.0. The van der Waals surface area contributed by atoms with Crippen molar-refractivity contribution in [1.82, 2.24) is 10.6 Å². The highest BCUT2D eigenvalue weighted by molar-refractivity contribution is 6.22. The fourth-order valence-corrected chi connectivity index (χ4v) is 2.34. The summed E-state index contributed by atoms with van der Waals surface area (Å²) in [6.07, 6.45) is -4.12. The molecule has 1 aromatic carbocycles. The second-order valence-corrected chi connectivity index (χ2v) is 6.33. The fourth-order valence-electron chi connectivity index (χ4n) is 2.34. The van der Waals surface area contributed by atoms with Crippen LogP contribution in [0.5, 0.6) is 0 Å². The SMILES string of the molecule is CN/C=C(\C(=N)C(F)(F)F)C(=O)NC/C(=N/C(=C(C)C)c1cccc(C)c1)OC. The number of nitrogens with one attached hydrogen (secondary N) is 3. The summed E-state index contributed by atoms with van der Waals surface area (Å²) in [7, 11) is 2.69. The molecule has 3 N–H and O–H groups in total. The molecule has 0 radical (unpaired) electrons. The van der Waals surface area contributed by atoms with Crippen LogP contribution in [-0.4, -0.2) is 44.4 Å². The van der Waals surface area contributed by atoms with E-state index in [1.165, 1.54) is 14.2 Å². The number of benzene rings is 1. The number of carbonyl (C=O) groups is 1. The average Bonchev–Trinajstić information content (AvgIpc) is 2.64. The number of nitrogens with zero attached hydrogens (tertiary/aromatic N) is 1. The Morgan fingerprint density at radius 3 is 2.45 bits per heavy atom. The number of alkyl halides is 3. The van der Waals surface area contributed by atoms with Crippen molar-refractivity contribution < 1.29 is 22.7 Å². The van der Waals surface area contributed by atoms with Gasteiger partial charge in [-0.25, -0.2) is 4.99 Å². The number of aryl methyl sites for hydroxylation is 1. The number of rotatable bonds is 7. The second-order valence-electron chi connectivity index (χ2n) is 6.33. The van der Waals surface area contributed by atoms with Crippen LogP contribution in [0.15, 0.2) is 46.6 Å². The number of allylic oxidation sites excluding steroid dienone is 1. The molecular weight excluding hydrogens is 385 g/mol. The Bertz CT molecular complexity index is 852. The highest BCUT2D eigenvalue weighted by Crippen LogP contribution is 2.22. The highest BCUT2D eigenvalue weighted by atomic mass is 19.4. The molecule has 29 heavy (non-hydrogen) atoms. The molecule has 0 fully saturated rings. The molecule has 0 saturated carbocycles. The van der Waals surface area contributed by atoms with Gasteiger partial charge in [0.05, 0.1) is 24.9 Å². The van der Waals surface area contributed by atoms with E-state index in [9.17, 15) is 18.0 Å². The first-order valence-electron chi connectivity index (χ1n) is 8.69. The minimum atomic E-state index is -4.95. The van der Waals surface area contributed by atoms with Gasteiger partial charge in [-0.15, -0.1) is 0 Å². The zero-order valence-corrected chi connectivity index (χ0v) is 17.0. The predicted molar refractivity (Wildman–Crippen MR) is 108 cm³/mol. The lowest BCUT2D eigenvalue weighted by atomic mass is 10.1. The molecule has 0 heterocycles. The van der Waals surface area contributed by atoms with Crippen LogP contribution in [0.2, 0.25) is 0 Å². The second kappa shape index (κ2) is 10.4. The number of hydrogen-bond donors (Lipinski definition) is 3. The molecule has 1 amide bonds. The van der Waals surface area contributed by atoms with Gasteiger partial charge in [-0.05, 0) is 32.4 Å². The van der Waals surface area contributed by atoms with Crippen molar-refractivity contribution in [3.8, 4) is 0 Å². The summed E-state index contributed by atoms with van der Waals surface area (Å²) in [5, 5.41) is 11.9. The highest BCUT2D eigenvalue weighted by Gasteiger charge is 2.39. The molecule has 1 rings (SSSR count). The molecule has 158 valence electrons. The van der Waals surface area contributed by atoms with E-state index in [0.717, 1.165) is 22.9 Å². The van der Waals surface area contributed by atoms with Gasteiger partial charge >= 0.3 is 6.18 Å². The Labute approximate surface area is 168 Å². The fraction of sp³-hybridized carbons (Fsp3) is 0.350. The third-order valence-corrected chi connectivity index (χ3v) is 3.72. The van der Waals surface area contributed by atoms with Gasteiger partial charge < -0.3 is 15.4 Å². The first kappa shape index (κ1) is 23.9. The van der Waals surface area contributed by atoms with Crippen molar-refractivity contribution in [3.05, 3.63) is 52.7 Å². The molecule has 0 aliphatic rings. The molecule has 0 aliphatic carbocycles. The van der Waals surface area contributed by atoms with Gasteiger partial charge in [0, 0.05) is 18.8 Å². The first-order chi connectivity index (χ1) is 13.5. The number of methoxy groups -OCH3 is 1. The molecule has 0 saturated heterocycles. The van der Waals surface area contributed by atoms with Gasteiger partial charge in [0.15, 0.2) is 0 Å². The molecule has 9 heteroatoms. The third-order valence-electron chi connectivity index (χ3n) is 3.72. The topological polar surface area (TPSA) is 86.6 Å². The Balaban J connectivity index is 3.07. The molecule has 0 aromatic heterocycles. The maximum atomic E-state index is 12.8. The van der Waals surface area contributed by atoms with Crippen LogP contribution >= 0.6 is 0 Å². The first-order valence-corrected chi connectivity index (χ1v) is 8.69. The van der Waals surface area contributed by atoms with Gasteiger partial charge in [-0.3, -0.25) is 10.2 Å². The lowest BCUT2D eigenvalue weighted by Crippen LogP contribution is -2.37. The monoisotopic (exact) mass is 410 g/mol. The van der Waals surface area contributed by atoms with Crippen molar-refractivity contribution in [2.45, 2.75) is 26.9 Å². The summed E-state index contributed by atoms with van der Waals surface area (Å²) in [4.78, 5) is 16.6. The summed E-state index contributed by atoms with van der Waals surface area (Å²) in [6.45, 7) is 5.43. The average molecular weight is 410 g/mol. The van der Waals surface area contributed by atoms with Gasteiger partial charge in [0.25, 0.3) is 5.91 Å². The molecule has 6 nitrogen and oxygen atoms in total. The number of amides is 1. The lowest BCUT2D eigenvalue weighted by molar-refractivity contribution is -0.117. The van der Waals surface area contributed by atoms with E-state index in [-0.39, 0.29) is 12.4 Å². The van der Waals surface area contributed by atoms with Gasteiger partial charge in [-0.2, -0.15) is 13.2 Å². The van der Waals surface area contributed by atoms with Crippen LogP contribution in [0.3, 0.4) is 0 Å². The van der Waals surface area contributed by atoms with E-state index >= 15 is 0 Å². The molecule has 0 atom stereocenters. The van der Waals surface area contributed by atoms with Crippen LogP contribution in [0.4, 0.5) is 13.2 Å². The Morgan fingerprint density at radius 2 is 1.97 bits per heavy atom. The smallest absolute Gasteiger partial charge is 0.433 e. The standard InChI is InChI=1S/C20H25F3N4O2/c1-12(2)17(14-8-6-7-13(3)9-14)27-16(29-5)11-26-19(28)15(10-25-4)18(24)20(21,22)23/h6-10,24-25H,11H2,1-5H3,(H,26,28)/b15-10+,24-18?,27-16-. The van der Waals surface area contributed by atoms with Crippen molar-refractivity contribution in [3.63, 3.8) is 0 Å². The summed E-state index contributed by atoms with van der Waals surface area (Å²) < 4.78 is 43.6. The molecule has 0 bridgehead atoms. The Hall–Kier alpha value is -3.10. The van der Waals surface area contributed by atoms with Crippen molar-refractivity contribution in [1.29, 1.82) is 5.41 Å². The van der Waals surface area contributed by atoms with E-state index in [1.54, 1.807) is 0 Å². The summed E-state index contributed by atoms with van der Waals surface area (Å²) in [6, 6.07) is 7.65. The normalized spacial score (nSPS) is 12.3. The predicted octanol–water partition coefficient (Wildman–Crippen LogP) is 3.59. The number of halogens is 3. The van der Waals surface area contributed by atoms with E-state index in [4.69, 9.17) is 10.1 Å². The largest absolute Gasteiger partial charge is 0.483 e. The summed E-state index contributed by atoms with van der Waals surface area (Å²) in [5.41, 5.74) is 0.832. The van der Waals surface area contributed by atoms with E-state index in [0.29, 0.717) is 5.70 Å². The molecule has 1 aromatic rings. The van der Waals surface area contributed by atoms with Crippen LogP contribution in [0, 0.1) is 12.3 Å². The minimum absolute atomic E-state index is 0.110. The van der Waals surface area contributed by atoms with Crippen molar-refractivity contribution >= 4 is 23.2 Å². The zero-order chi connectivity index (χ0) is 22.2. The number of hydrogen-bond acceptors (Lipinski definition) is 5. The molecule has 0 aliphatic heterocycles. The maximum absolute atomic E-state index is 12.8. The maximum Gasteiger partial charge on any atom is 0.433 e. The lowest BCUT2D eigenvalue weighted by Gasteiger charge is -2.14. The summed E-state index contributed by atoms with van der Waals surface area (Å²) in [5.74, 6) is -0.959. The van der Waals surface area contributed by atoms with E-state index in [1.807, 2.05) is 45.0 Å². The van der Waals surface area contributed by atoms with E-state index < -0.39 is 23.4 Å². The summed E-state index contributed by atoms with van der Waals surface area (Å²) >= 11 is 0. The quantitative estimate of drug-likeness (QED) is 0.365. The van der Waals surface area contributed by atoms with E-state index in [2.05, 4.69) is 15.6 Å². The van der Waals surface area contributed by atoms with Crippen LogP contribution in [-0.2, 0) is 9.53 Å². The van der Waals surface area contributed by atoms with Gasteiger partial charge in [0.1, 0.15) is 5.71 Å². The minimum Gasteiger partial charge on any atom is -0.483 e. The molecule has 0 unspecified atom stereocenters. The Morgan fingerprint density at radius 1 is 1.31 bits per heavy atom. The molecule has 0 spiro atoms. The number of ether oxygens (including phenoxy) is 1. The molecular formula is C20H25F3N4O2. The van der Waals surface area contributed by atoms with Gasteiger partial charge in [-0.1, -0.05) is 23.8 Å².